The zero-order valence-corrected chi connectivity index (χ0v) is 15.0. The van der Waals surface area contributed by atoms with Crippen LogP contribution in [-0.2, 0) is 4.79 Å². The molecule has 1 heterocycles. The van der Waals surface area contributed by atoms with Gasteiger partial charge in [0.25, 0.3) is 0 Å². The van der Waals surface area contributed by atoms with Crippen LogP contribution in [0.5, 0.6) is 0 Å². The fourth-order valence-electron chi connectivity index (χ4n) is 2.82. The van der Waals surface area contributed by atoms with Crippen LogP contribution in [0.2, 0.25) is 0 Å². The standard InChI is InChI=1S/C23H22N2O/c1-17-13-14-24-16-22(17)21-10-6-9-20(15-21)18(2)25-23(26)12-11-19-7-4-3-5-8-19/h3-16,18H,1-2H3,(H,25,26)/b12-11+. The molecule has 1 amide bonds. The first-order valence-electron chi connectivity index (χ1n) is 8.68. The number of nitrogens with zero attached hydrogens (tertiary/aromatic N) is 1. The summed E-state index contributed by atoms with van der Waals surface area (Å²) in [4.78, 5) is 16.4. The molecular formula is C23H22N2O. The van der Waals surface area contributed by atoms with Gasteiger partial charge < -0.3 is 5.32 Å². The molecule has 3 nitrogen and oxygen atoms in total. The molecule has 0 fully saturated rings. The lowest BCUT2D eigenvalue weighted by molar-refractivity contribution is -0.117. The van der Waals surface area contributed by atoms with E-state index in [2.05, 4.69) is 29.4 Å². The molecule has 0 aliphatic heterocycles. The molecule has 0 aliphatic rings. The number of benzene rings is 2. The summed E-state index contributed by atoms with van der Waals surface area (Å²) in [5, 5.41) is 3.02. The van der Waals surface area contributed by atoms with Gasteiger partial charge in [-0.05, 0) is 54.3 Å². The van der Waals surface area contributed by atoms with Gasteiger partial charge in [-0.25, -0.2) is 0 Å². The van der Waals surface area contributed by atoms with Gasteiger partial charge in [0.2, 0.25) is 5.91 Å². The smallest absolute Gasteiger partial charge is 0.244 e. The molecule has 1 N–H and O–H groups in total. The van der Waals surface area contributed by atoms with E-state index in [1.807, 2.05) is 67.7 Å². The van der Waals surface area contributed by atoms with Gasteiger partial charge in [0.1, 0.15) is 0 Å². The molecule has 1 aromatic heterocycles. The van der Waals surface area contributed by atoms with Crippen molar-refractivity contribution in [1.29, 1.82) is 0 Å². The number of rotatable bonds is 5. The van der Waals surface area contributed by atoms with E-state index in [-0.39, 0.29) is 11.9 Å². The van der Waals surface area contributed by atoms with Crippen LogP contribution in [-0.4, -0.2) is 10.9 Å². The minimum atomic E-state index is -0.107. The SMILES string of the molecule is Cc1ccncc1-c1cccc(C(C)NC(=O)/C=C/c2ccccc2)c1. The first kappa shape index (κ1) is 17.6. The molecule has 1 atom stereocenters. The van der Waals surface area contributed by atoms with Gasteiger partial charge in [-0.1, -0.05) is 48.5 Å². The average molecular weight is 342 g/mol. The highest BCUT2D eigenvalue weighted by atomic mass is 16.1. The number of carbonyl (C=O) groups excluding carboxylic acids is 1. The van der Waals surface area contributed by atoms with Crippen LogP contribution in [0.1, 0.15) is 29.7 Å². The largest absolute Gasteiger partial charge is 0.346 e. The first-order valence-corrected chi connectivity index (χ1v) is 8.68. The molecule has 3 aromatic rings. The molecule has 0 saturated carbocycles. The fraction of sp³-hybridized carbons (Fsp3) is 0.130. The highest BCUT2D eigenvalue weighted by Crippen LogP contribution is 2.25. The predicted molar refractivity (Wildman–Crippen MR) is 106 cm³/mol. The predicted octanol–water partition coefficient (Wildman–Crippen LogP) is 4.95. The van der Waals surface area contributed by atoms with Gasteiger partial charge in [0.05, 0.1) is 6.04 Å². The van der Waals surface area contributed by atoms with Gasteiger partial charge in [0, 0.05) is 24.0 Å². The van der Waals surface area contributed by atoms with Crippen molar-refractivity contribution in [2.45, 2.75) is 19.9 Å². The maximum absolute atomic E-state index is 12.2. The van der Waals surface area contributed by atoms with Crippen LogP contribution in [0.4, 0.5) is 0 Å². The Morgan fingerprint density at radius 3 is 2.65 bits per heavy atom. The lowest BCUT2D eigenvalue weighted by Crippen LogP contribution is -2.24. The van der Waals surface area contributed by atoms with Crippen LogP contribution in [0.25, 0.3) is 17.2 Å². The van der Waals surface area contributed by atoms with Crippen LogP contribution in [0, 0.1) is 6.92 Å². The van der Waals surface area contributed by atoms with Crippen molar-refractivity contribution in [2.75, 3.05) is 0 Å². The summed E-state index contributed by atoms with van der Waals surface area (Å²) in [6.07, 6.45) is 7.06. The van der Waals surface area contributed by atoms with Crippen molar-refractivity contribution in [2.24, 2.45) is 0 Å². The van der Waals surface area contributed by atoms with Crippen LogP contribution >= 0.6 is 0 Å². The second kappa shape index (κ2) is 8.26. The second-order valence-corrected chi connectivity index (χ2v) is 6.29. The number of aryl methyl sites for hydroxylation is 1. The number of amides is 1. The molecule has 3 heteroatoms. The maximum atomic E-state index is 12.2. The maximum Gasteiger partial charge on any atom is 0.244 e. The molecule has 0 saturated heterocycles. The monoisotopic (exact) mass is 342 g/mol. The number of hydrogen-bond donors (Lipinski definition) is 1. The number of pyridine rings is 1. The Labute approximate surface area is 154 Å². The summed E-state index contributed by atoms with van der Waals surface area (Å²) >= 11 is 0. The topological polar surface area (TPSA) is 42.0 Å². The molecule has 130 valence electrons. The number of aromatic nitrogens is 1. The fourth-order valence-corrected chi connectivity index (χ4v) is 2.82. The minimum Gasteiger partial charge on any atom is -0.346 e. The summed E-state index contributed by atoms with van der Waals surface area (Å²) in [6, 6.07) is 19.9. The van der Waals surface area contributed by atoms with Crippen molar-refractivity contribution in [3.05, 3.63) is 95.8 Å². The van der Waals surface area contributed by atoms with Gasteiger partial charge in [-0.15, -0.1) is 0 Å². The Morgan fingerprint density at radius 2 is 1.88 bits per heavy atom. The second-order valence-electron chi connectivity index (χ2n) is 6.29. The molecule has 1 unspecified atom stereocenters. The van der Waals surface area contributed by atoms with Crippen LogP contribution < -0.4 is 5.32 Å². The lowest BCUT2D eigenvalue weighted by Gasteiger charge is -2.15. The van der Waals surface area contributed by atoms with Crippen LogP contribution in [0.15, 0.2) is 79.1 Å². The Hall–Kier alpha value is -3.20. The summed E-state index contributed by atoms with van der Waals surface area (Å²) in [7, 11) is 0. The summed E-state index contributed by atoms with van der Waals surface area (Å²) in [6.45, 7) is 4.06. The summed E-state index contributed by atoms with van der Waals surface area (Å²) in [5.41, 5.74) is 5.46. The van der Waals surface area contributed by atoms with Crippen molar-refractivity contribution in [1.82, 2.24) is 10.3 Å². The van der Waals surface area contributed by atoms with Crippen molar-refractivity contribution < 1.29 is 4.79 Å². The van der Waals surface area contributed by atoms with E-state index in [0.29, 0.717) is 0 Å². The Kier molecular flexibility index (Phi) is 5.59. The third-order valence-electron chi connectivity index (χ3n) is 4.32. The van der Waals surface area contributed by atoms with E-state index >= 15 is 0 Å². The highest BCUT2D eigenvalue weighted by molar-refractivity contribution is 5.92. The third-order valence-corrected chi connectivity index (χ3v) is 4.32. The molecule has 0 aliphatic carbocycles. The van der Waals surface area contributed by atoms with Gasteiger partial charge >= 0.3 is 0 Å². The number of nitrogens with one attached hydrogen (secondary N) is 1. The highest BCUT2D eigenvalue weighted by Gasteiger charge is 2.09. The van der Waals surface area contributed by atoms with Crippen molar-refractivity contribution >= 4 is 12.0 Å². The molecule has 0 bridgehead atoms. The van der Waals surface area contributed by atoms with Crippen molar-refractivity contribution in [3.8, 4) is 11.1 Å². The zero-order chi connectivity index (χ0) is 18.4. The molecule has 3 rings (SSSR count). The quantitative estimate of drug-likeness (QED) is 0.667. The van der Waals surface area contributed by atoms with Gasteiger partial charge in [-0.3, -0.25) is 9.78 Å². The summed E-state index contributed by atoms with van der Waals surface area (Å²) in [5.74, 6) is -0.107. The van der Waals surface area contributed by atoms with E-state index in [1.54, 1.807) is 12.3 Å². The van der Waals surface area contributed by atoms with E-state index in [4.69, 9.17) is 0 Å². The molecule has 26 heavy (non-hydrogen) atoms. The molecule has 2 aromatic carbocycles. The summed E-state index contributed by atoms with van der Waals surface area (Å²) < 4.78 is 0. The molecule has 0 spiro atoms. The van der Waals surface area contributed by atoms with Crippen molar-refractivity contribution in [3.63, 3.8) is 0 Å². The third kappa shape index (κ3) is 4.45. The number of carbonyl (C=O) groups is 1. The van der Waals surface area contributed by atoms with E-state index < -0.39 is 0 Å². The van der Waals surface area contributed by atoms with Crippen LogP contribution in [0.3, 0.4) is 0 Å². The normalized spacial score (nSPS) is 12.1. The van der Waals surface area contributed by atoms with Gasteiger partial charge in [-0.2, -0.15) is 0 Å². The Balaban J connectivity index is 1.71. The van der Waals surface area contributed by atoms with Gasteiger partial charge in [0.15, 0.2) is 0 Å². The molecular weight excluding hydrogens is 320 g/mol. The Bertz CT molecular complexity index is 916. The Morgan fingerprint density at radius 1 is 1.08 bits per heavy atom. The zero-order valence-electron chi connectivity index (χ0n) is 15.0. The van der Waals surface area contributed by atoms with E-state index in [1.165, 1.54) is 5.56 Å². The minimum absolute atomic E-state index is 0.0835. The number of hydrogen-bond acceptors (Lipinski definition) is 2. The van der Waals surface area contributed by atoms with E-state index in [0.717, 1.165) is 22.3 Å². The van der Waals surface area contributed by atoms with E-state index in [9.17, 15) is 4.79 Å². The average Bonchev–Trinajstić information content (AvgIpc) is 2.67. The lowest BCUT2D eigenvalue weighted by atomic mass is 9.98. The first-order chi connectivity index (χ1) is 12.6. The molecule has 0 radical (unpaired) electrons.